The molecule has 128 valence electrons. The van der Waals surface area contributed by atoms with E-state index in [1.165, 1.54) is 0 Å². The average molecular weight is 336 g/mol. The largest absolute Gasteiger partial charge is 0.393 e. The fourth-order valence-electron chi connectivity index (χ4n) is 3.32. The molecular formula is C19H20N4O2. The van der Waals surface area contributed by atoms with Crippen molar-refractivity contribution >= 4 is 11.6 Å². The molecule has 0 radical (unpaired) electrons. The van der Waals surface area contributed by atoms with Gasteiger partial charge in [0.05, 0.1) is 17.8 Å². The molecule has 0 aromatic carbocycles. The van der Waals surface area contributed by atoms with E-state index in [9.17, 15) is 9.90 Å². The van der Waals surface area contributed by atoms with Crippen LogP contribution in [0.2, 0.25) is 0 Å². The minimum Gasteiger partial charge on any atom is -0.393 e. The molecule has 1 amide bonds. The lowest BCUT2D eigenvalue weighted by atomic mass is 9.76. The summed E-state index contributed by atoms with van der Waals surface area (Å²) in [6.45, 7) is 2.00. The Morgan fingerprint density at radius 1 is 1.28 bits per heavy atom. The van der Waals surface area contributed by atoms with Gasteiger partial charge in [-0.05, 0) is 49.4 Å². The maximum Gasteiger partial charge on any atom is 0.272 e. The third-order valence-electron chi connectivity index (χ3n) is 4.75. The van der Waals surface area contributed by atoms with Gasteiger partial charge >= 0.3 is 0 Å². The Labute approximate surface area is 145 Å². The summed E-state index contributed by atoms with van der Waals surface area (Å²) in [5.74, 6) is -0.0356. The van der Waals surface area contributed by atoms with Crippen molar-refractivity contribution in [3.8, 4) is 0 Å². The molecule has 25 heavy (non-hydrogen) atoms. The fraction of sp³-hybridized carbons (Fsp3) is 0.316. The van der Waals surface area contributed by atoms with E-state index in [0.717, 1.165) is 16.9 Å². The van der Waals surface area contributed by atoms with E-state index in [4.69, 9.17) is 0 Å². The van der Waals surface area contributed by atoms with E-state index in [-0.39, 0.29) is 24.0 Å². The van der Waals surface area contributed by atoms with Gasteiger partial charge in [0, 0.05) is 18.6 Å². The van der Waals surface area contributed by atoms with Gasteiger partial charge in [-0.1, -0.05) is 12.1 Å². The van der Waals surface area contributed by atoms with Gasteiger partial charge in [-0.2, -0.15) is 0 Å². The maximum absolute atomic E-state index is 12.7. The lowest BCUT2D eigenvalue weighted by molar-refractivity contribution is 0.0228. The van der Waals surface area contributed by atoms with Gasteiger partial charge in [0.15, 0.2) is 0 Å². The van der Waals surface area contributed by atoms with Crippen LogP contribution >= 0.6 is 0 Å². The molecule has 1 aliphatic carbocycles. The summed E-state index contributed by atoms with van der Waals surface area (Å²) >= 11 is 0. The minimum absolute atomic E-state index is 0.188. The summed E-state index contributed by atoms with van der Waals surface area (Å²) in [6.07, 6.45) is 6.46. The van der Waals surface area contributed by atoms with Crippen molar-refractivity contribution in [2.75, 3.05) is 0 Å². The molecule has 3 aromatic heterocycles. The van der Waals surface area contributed by atoms with Crippen molar-refractivity contribution in [1.82, 2.24) is 19.7 Å². The number of imidazole rings is 1. The molecule has 1 saturated carbocycles. The zero-order valence-electron chi connectivity index (χ0n) is 14.0. The SMILES string of the molecule is Cc1ccc2nc(C(=O)N[C@H](c3ccccn3)C3CC(O)C3)cn2c1. The van der Waals surface area contributed by atoms with Gasteiger partial charge in [0.2, 0.25) is 0 Å². The monoisotopic (exact) mass is 336 g/mol. The number of carbonyl (C=O) groups excluding carboxylic acids is 1. The predicted octanol–water partition coefficient (Wildman–Crippen LogP) is 2.28. The molecule has 3 aromatic rings. The molecule has 6 heteroatoms. The molecule has 3 heterocycles. The van der Waals surface area contributed by atoms with E-state index in [2.05, 4.69) is 15.3 Å². The number of hydrogen-bond acceptors (Lipinski definition) is 4. The van der Waals surface area contributed by atoms with Gasteiger partial charge in [-0.15, -0.1) is 0 Å². The van der Waals surface area contributed by atoms with Crippen LogP contribution in [0.15, 0.2) is 48.9 Å². The second kappa shape index (κ2) is 6.29. The average Bonchev–Trinajstić information content (AvgIpc) is 3.01. The summed E-state index contributed by atoms with van der Waals surface area (Å²) in [5.41, 5.74) is 3.04. The summed E-state index contributed by atoms with van der Waals surface area (Å²) in [7, 11) is 0. The van der Waals surface area contributed by atoms with Crippen LogP contribution in [-0.4, -0.2) is 31.5 Å². The van der Waals surface area contributed by atoms with Crippen LogP contribution in [0.25, 0.3) is 5.65 Å². The van der Waals surface area contributed by atoms with Gasteiger partial charge in [-0.3, -0.25) is 9.78 Å². The predicted molar refractivity (Wildman–Crippen MR) is 93.1 cm³/mol. The molecule has 0 spiro atoms. The first kappa shape index (κ1) is 15.8. The number of nitrogens with one attached hydrogen (secondary N) is 1. The van der Waals surface area contributed by atoms with Gasteiger partial charge < -0.3 is 14.8 Å². The Balaban J connectivity index is 1.59. The molecule has 1 fully saturated rings. The Morgan fingerprint density at radius 3 is 2.84 bits per heavy atom. The first-order chi connectivity index (χ1) is 12.1. The lowest BCUT2D eigenvalue weighted by Gasteiger charge is -2.37. The standard InChI is InChI=1S/C19H20N4O2/c1-12-5-6-17-21-16(11-23(17)10-12)19(25)22-18(13-8-14(24)9-13)15-4-2-3-7-20-15/h2-7,10-11,13-14,18,24H,8-9H2,1H3,(H,22,25)/t13?,14?,18-/m0/s1. The van der Waals surface area contributed by atoms with E-state index in [0.29, 0.717) is 18.5 Å². The van der Waals surface area contributed by atoms with Gasteiger partial charge in [-0.25, -0.2) is 4.98 Å². The third kappa shape index (κ3) is 3.13. The van der Waals surface area contributed by atoms with Crippen LogP contribution in [0, 0.1) is 12.8 Å². The number of aromatic nitrogens is 3. The first-order valence-electron chi connectivity index (χ1n) is 8.45. The van der Waals surface area contributed by atoms with Crippen LogP contribution < -0.4 is 5.32 Å². The number of fused-ring (bicyclic) bond motifs is 1. The number of aliphatic hydroxyl groups excluding tert-OH is 1. The van der Waals surface area contributed by atoms with E-state index < -0.39 is 0 Å². The van der Waals surface area contributed by atoms with Crippen LogP contribution in [0.1, 0.15) is 40.6 Å². The number of hydrogen-bond donors (Lipinski definition) is 2. The number of amides is 1. The second-order valence-electron chi connectivity index (χ2n) is 6.69. The molecular weight excluding hydrogens is 316 g/mol. The molecule has 0 bridgehead atoms. The second-order valence-corrected chi connectivity index (χ2v) is 6.69. The Kier molecular flexibility index (Phi) is 3.97. The lowest BCUT2D eigenvalue weighted by Crippen LogP contribution is -2.41. The van der Waals surface area contributed by atoms with Gasteiger partial charge in [0.1, 0.15) is 11.3 Å². The zero-order chi connectivity index (χ0) is 17.4. The maximum atomic E-state index is 12.7. The number of nitrogens with zero attached hydrogens (tertiary/aromatic N) is 3. The number of pyridine rings is 2. The fourth-order valence-corrected chi connectivity index (χ4v) is 3.32. The first-order valence-corrected chi connectivity index (χ1v) is 8.45. The van der Waals surface area contributed by atoms with Gasteiger partial charge in [0.25, 0.3) is 5.91 Å². The topological polar surface area (TPSA) is 79.5 Å². The Hall–Kier alpha value is -2.73. The Morgan fingerprint density at radius 2 is 2.12 bits per heavy atom. The van der Waals surface area contributed by atoms with Crippen molar-refractivity contribution in [2.24, 2.45) is 5.92 Å². The van der Waals surface area contributed by atoms with E-state index >= 15 is 0 Å². The normalized spacial score (nSPS) is 20.9. The molecule has 1 atom stereocenters. The molecule has 6 nitrogen and oxygen atoms in total. The van der Waals surface area contributed by atoms with E-state index in [1.54, 1.807) is 12.4 Å². The molecule has 2 N–H and O–H groups in total. The quantitative estimate of drug-likeness (QED) is 0.766. The van der Waals surface area contributed by atoms with Crippen molar-refractivity contribution in [2.45, 2.75) is 31.9 Å². The van der Waals surface area contributed by atoms with Crippen molar-refractivity contribution < 1.29 is 9.90 Å². The third-order valence-corrected chi connectivity index (χ3v) is 4.75. The number of carbonyl (C=O) groups is 1. The molecule has 0 saturated heterocycles. The minimum atomic E-state index is -0.286. The summed E-state index contributed by atoms with van der Waals surface area (Å²) in [4.78, 5) is 21.5. The van der Waals surface area contributed by atoms with E-state index in [1.807, 2.05) is 47.9 Å². The van der Waals surface area contributed by atoms with Crippen LogP contribution in [0.5, 0.6) is 0 Å². The van der Waals surface area contributed by atoms with Crippen LogP contribution in [0.3, 0.4) is 0 Å². The van der Waals surface area contributed by atoms with Crippen molar-refractivity contribution in [3.63, 3.8) is 0 Å². The highest BCUT2D eigenvalue weighted by Crippen LogP contribution is 2.37. The summed E-state index contributed by atoms with van der Waals surface area (Å²) in [5, 5.41) is 12.7. The number of aryl methyl sites for hydroxylation is 1. The molecule has 1 aliphatic rings. The van der Waals surface area contributed by atoms with Crippen molar-refractivity contribution in [3.05, 3.63) is 65.9 Å². The highest BCUT2D eigenvalue weighted by molar-refractivity contribution is 5.93. The summed E-state index contributed by atoms with van der Waals surface area (Å²) in [6, 6.07) is 9.31. The Bertz CT molecular complexity index is 900. The zero-order valence-corrected chi connectivity index (χ0v) is 14.0. The molecule has 4 rings (SSSR count). The van der Waals surface area contributed by atoms with Crippen LogP contribution in [0.4, 0.5) is 0 Å². The van der Waals surface area contributed by atoms with Crippen LogP contribution in [-0.2, 0) is 0 Å². The molecule has 0 unspecified atom stereocenters. The van der Waals surface area contributed by atoms with Crippen molar-refractivity contribution in [1.29, 1.82) is 0 Å². The number of rotatable bonds is 4. The smallest absolute Gasteiger partial charge is 0.272 e. The highest BCUT2D eigenvalue weighted by atomic mass is 16.3. The summed E-state index contributed by atoms with van der Waals surface area (Å²) < 4.78 is 1.85. The molecule has 0 aliphatic heterocycles. The highest BCUT2D eigenvalue weighted by Gasteiger charge is 2.36. The number of aliphatic hydroxyl groups is 1.